The van der Waals surface area contributed by atoms with Crippen molar-refractivity contribution in [2.45, 2.75) is 64.1 Å². The molecular formula is C15H22ClN3O. The Hall–Kier alpha value is -0.870. The maximum absolute atomic E-state index is 12.8. The van der Waals surface area contributed by atoms with Crippen LogP contribution in [0.25, 0.3) is 0 Å². The van der Waals surface area contributed by atoms with E-state index in [0.29, 0.717) is 22.7 Å². The van der Waals surface area contributed by atoms with Crippen LogP contribution < -0.4 is 5.32 Å². The highest BCUT2D eigenvalue weighted by molar-refractivity contribution is 6.33. The van der Waals surface area contributed by atoms with E-state index in [2.05, 4.69) is 17.3 Å². The maximum atomic E-state index is 12.8. The van der Waals surface area contributed by atoms with Gasteiger partial charge in [-0.05, 0) is 31.6 Å². The first kappa shape index (κ1) is 14.1. The summed E-state index contributed by atoms with van der Waals surface area (Å²) < 4.78 is 1.76. The number of aromatic nitrogens is 2. The quantitative estimate of drug-likeness (QED) is 0.869. The fourth-order valence-corrected chi connectivity index (χ4v) is 3.91. The van der Waals surface area contributed by atoms with Crippen LogP contribution in [0.5, 0.6) is 0 Å². The lowest BCUT2D eigenvalue weighted by Gasteiger charge is -2.24. The van der Waals surface area contributed by atoms with Crippen molar-refractivity contribution < 1.29 is 4.79 Å². The van der Waals surface area contributed by atoms with Crippen LogP contribution in [-0.2, 0) is 6.54 Å². The molecule has 0 bridgehead atoms. The summed E-state index contributed by atoms with van der Waals surface area (Å²) >= 11 is 6.17. The normalized spacial score (nSPS) is 29.4. The van der Waals surface area contributed by atoms with E-state index < -0.39 is 0 Å². The van der Waals surface area contributed by atoms with E-state index >= 15 is 0 Å². The summed E-state index contributed by atoms with van der Waals surface area (Å²) in [6.07, 6.45) is 8.53. The van der Waals surface area contributed by atoms with Crippen LogP contribution in [0.15, 0.2) is 6.20 Å². The Labute approximate surface area is 124 Å². The predicted molar refractivity (Wildman–Crippen MR) is 79.1 cm³/mol. The molecule has 0 aromatic carbocycles. The van der Waals surface area contributed by atoms with Crippen molar-refractivity contribution in [2.75, 3.05) is 0 Å². The number of carbonyl (C=O) groups excluding carboxylic acids is 1. The van der Waals surface area contributed by atoms with Gasteiger partial charge in [0, 0.05) is 12.6 Å². The number of rotatable bonds is 4. The Bertz CT molecular complexity index is 485. The van der Waals surface area contributed by atoms with E-state index in [0.717, 1.165) is 19.4 Å². The molecule has 1 N–H and O–H groups in total. The van der Waals surface area contributed by atoms with Crippen LogP contribution in [0.4, 0.5) is 0 Å². The van der Waals surface area contributed by atoms with Gasteiger partial charge in [0.05, 0.1) is 17.3 Å². The average molecular weight is 296 g/mol. The average Bonchev–Trinajstić information content (AvgIpc) is 3.02. The smallest absolute Gasteiger partial charge is 0.199 e. The second kappa shape index (κ2) is 5.86. The highest BCUT2D eigenvalue weighted by Crippen LogP contribution is 2.34. The van der Waals surface area contributed by atoms with Crippen molar-refractivity contribution in [3.8, 4) is 0 Å². The van der Waals surface area contributed by atoms with E-state index in [1.165, 1.54) is 25.7 Å². The third-order valence-corrected chi connectivity index (χ3v) is 4.92. The van der Waals surface area contributed by atoms with Crippen LogP contribution in [0, 0.1) is 5.92 Å². The lowest BCUT2D eigenvalue weighted by molar-refractivity contribution is 0.0938. The number of fused-ring (bicyclic) bond motifs is 1. The summed E-state index contributed by atoms with van der Waals surface area (Å²) in [4.78, 5) is 12.8. The van der Waals surface area contributed by atoms with Crippen LogP contribution >= 0.6 is 11.6 Å². The van der Waals surface area contributed by atoms with E-state index in [9.17, 15) is 4.79 Å². The lowest BCUT2D eigenvalue weighted by atomic mass is 9.84. The van der Waals surface area contributed by atoms with Crippen molar-refractivity contribution >= 4 is 17.4 Å². The number of nitrogens with one attached hydrogen (secondary N) is 1. The molecular weight excluding hydrogens is 274 g/mol. The van der Waals surface area contributed by atoms with Gasteiger partial charge in [0.2, 0.25) is 0 Å². The SMILES string of the molecule is CCCn1ncc(Cl)c1C(=O)C1CC2CCCCC2N1. The van der Waals surface area contributed by atoms with E-state index in [1.54, 1.807) is 10.9 Å². The van der Waals surface area contributed by atoms with Gasteiger partial charge >= 0.3 is 0 Å². The molecule has 5 heteroatoms. The number of ketones is 1. The molecule has 3 rings (SSSR count). The van der Waals surface area contributed by atoms with Gasteiger partial charge in [-0.1, -0.05) is 31.4 Å². The number of aryl methyl sites for hydroxylation is 1. The van der Waals surface area contributed by atoms with Crippen molar-refractivity contribution in [3.05, 3.63) is 16.9 Å². The molecule has 0 amide bonds. The van der Waals surface area contributed by atoms with Crippen molar-refractivity contribution in [1.82, 2.24) is 15.1 Å². The summed E-state index contributed by atoms with van der Waals surface area (Å²) in [6.45, 7) is 2.82. The Balaban J connectivity index is 1.78. The number of Topliss-reactive ketones (excluding diaryl/α,β-unsaturated/α-hetero) is 1. The van der Waals surface area contributed by atoms with Gasteiger partial charge in [-0.3, -0.25) is 9.48 Å². The van der Waals surface area contributed by atoms with Crippen molar-refractivity contribution in [3.63, 3.8) is 0 Å². The topological polar surface area (TPSA) is 46.9 Å². The molecule has 2 heterocycles. The zero-order valence-electron chi connectivity index (χ0n) is 11.9. The van der Waals surface area contributed by atoms with Crippen LogP contribution in [-0.4, -0.2) is 27.6 Å². The predicted octanol–water partition coefficient (Wildman–Crippen LogP) is 3.05. The minimum Gasteiger partial charge on any atom is -0.304 e. The molecule has 110 valence electrons. The second-order valence-corrected chi connectivity index (χ2v) is 6.44. The van der Waals surface area contributed by atoms with E-state index in [1.807, 2.05) is 0 Å². The molecule has 1 saturated heterocycles. The fraction of sp³-hybridized carbons (Fsp3) is 0.733. The zero-order valence-corrected chi connectivity index (χ0v) is 12.7. The Morgan fingerprint density at radius 2 is 2.30 bits per heavy atom. The first-order valence-corrected chi connectivity index (χ1v) is 8.10. The Morgan fingerprint density at radius 3 is 3.05 bits per heavy atom. The molecule has 0 spiro atoms. The Morgan fingerprint density at radius 1 is 1.50 bits per heavy atom. The third-order valence-electron chi connectivity index (χ3n) is 4.64. The molecule has 4 nitrogen and oxygen atoms in total. The molecule has 1 aromatic heterocycles. The molecule has 1 aromatic rings. The number of halogens is 1. The first-order valence-electron chi connectivity index (χ1n) is 7.72. The lowest BCUT2D eigenvalue weighted by Crippen LogP contribution is -2.38. The minimum absolute atomic E-state index is 0.0760. The van der Waals surface area contributed by atoms with Crippen molar-refractivity contribution in [2.24, 2.45) is 5.92 Å². The van der Waals surface area contributed by atoms with Crippen molar-refractivity contribution in [1.29, 1.82) is 0 Å². The number of hydrogen-bond donors (Lipinski definition) is 1. The van der Waals surface area contributed by atoms with Gasteiger partial charge in [-0.25, -0.2) is 0 Å². The Kier molecular flexibility index (Phi) is 4.13. The minimum atomic E-state index is -0.0760. The number of nitrogens with zero attached hydrogens (tertiary/aromatic N) is 2. The number of carbonyl (C=O) groups is 1. The standard InChI is InChI=1S/C15H22ClN3O/c1-2-7-19-14(11(16)9-17-19)15(20)13-8-10-5-3-4-6-12(10)18-13/h9-10,12-13,18H,2-8H2,1H3. The third kappa shape index (κ3) is 2.51. The van der Waals surface area contributed by atoms with Gasteiger partial charge in [0.1, 0.15) is 5.69 Å². The van der Waals surface area contributed by atoms with Gasteiger partial charge in [-0.15, -0.1) is 0 Å². The summed E-state index contributed by atoms with van der Waals surface area (Å²) in [5, 5.41) is 8.24. The second-order valence-electron chi connectivity index (χ2n) is 6.03. The highest BCUT2D eigenvalue weighted by atomic mass is 35.5. The summed E-state index contributed by atoms with van der Waals surface area (Å²) in [6, 6.07) is 0.451. The molecule has 2 aliphatic rings. The fourth-order valence-electron chi connectivity index (χ4n) is 3.67. The summed E-state index contributed by atoms with van der Waals surface area (Å²) in [7, 11) is 0. The monoisotopic (exact) mass is 295 g/mol. The summed E-state index contributed by atoms with van der Waals surface area (Å²) in [5.74, 6) is 0.786. The van der Waals surface area contributed by atoms with Crippen LogP contribution in [0.2, 0.25) is 5.02 Å². The van der Waals surface area contributed by atoms with Gasteiger partial charge in [0.25, 0.3) is 0 Å². The molecule has 2 fully saturated rings. The van der Waals surface area contributed by atoms with Gasteiger partial charge in [0.15, 0.2) is 5.78 Å². The van der Waals surface area contributed by atoms with E-state index in [-0.39, 0.29) is 11.8 Å². The van der Waals surface area contributed by atoms with Gasteiger partial charge in [-0.2, -0.15) is 5.10 Å². The first-order chi connectivity index (χ1) is 9.70. The molecule has 3 unspecified atom stereocenters. The number of hydrogen-bond acceptors (Lipinski definition) is 3. The van der Waals surface area contributed by atoms with Crippen LogP contribution in [0.1, 0.15) is 55.9 Å². The van der Waals surface area contributed by atoms with E-state index in [4.69, 9.17) is 11.6 Å². The maximum Gasteiger partial charge on any atom is 0.199 e. The molecule has 3 atom stereocenters. The molecule has 0 radical (unpaired) electrons. The summed E-state index contributed by atoms with van der Waals surface area (Å²) in [5.41, 5.74) is 0.588. The largest absolute Gasteiger partial charge is 0.304 e. The van der Waals surface area contributed by atoms with Gasteiger partial charge < -0.3 is 5.32 Å². The molecule has 1 aliphatic carbocycles. The molecule has 1 saturated carbocycles. The molecule has 1 aliphatic heterocycles. The van der Waals surface area contributed by atoms with Crippen LogP contribution in [0.3, 0.4) is 0 Å². The highest BCUT2D eigenvalue weighted by Gasteiger charge is 2.39. The molecule has 20 heavy (non-hydrogen) atoms. The zero-order chi connectivity index (χ0) is 14.1.